The van der Waals surface area contributed by atoms with Crippen LogP contribution in [0.25, 0.3) is 11.0 Å². The van der Waals surface area contributed by atoms with Crippen LogP contribution in [0.15, 0.2) is 38.9 Å². The van der Waals surface area contributed by atoms with Crippen molar-refractivity contribution in [1.29, 1.82) is 0 Å². The van der Waals surface area contributed by atoms with Gasteiger partial charge in [0, 0.05) is 26.2 Å². The molecule has 170 valence electrons. The second-order valence-electron chi connectivity index (χ2n) is 7.01. The highest BCUT2D eigenvalue weighted by Gasteiger charge is 2.30. The molecule has 3 aromatic rings. The number of alkyl halides is 3. The predicted molar refractivity (Wildman–Crippen MR) is 115 cm³/mol. The maximum atomic E-state index is 12.7. The zero-order valence-corrected chi connectivity index (χ0v) is 18.3. The number of nitrogens with zero attached hydrogens (tertiary/aromatic N) is 4. The van der Waals surface area contributed by atoms with E-state index in [9.17, 15) is 27.6 Å². The predicted octanol–water partition coefficient (Wildman–Crippen LogP) is 2.73. The Balaban J connectivity index is 1.87. The molecular formula is C20H20F3N5O3S. The van der Waals surface area contributed by atoms with Crippen LogP contribution in [0, 0.1) is 0 Å². The lowest BCUT2D eigenvalue weighted by molar-refractivity contribution is -0.137. The minimum absolute atomic E-state index is 0.127. The molecule has 1 amide bonds. The smallest absolute Gasteiger partial charge is 0.325 e. The molecule has 0 bridgehead atoms. The summed E-state index contributed by atoms with van der Waals surface area (Å²) in [5, 5.41) is 2.90. The van der Waals surface area contributed by atoms with Crippen molar-refractivity contribution in [2.45, 2.75) is 31.0 Å². The molecule has 0 unspecified atom stereocenters. The lowest BCUT2D eigenvalue weighted by Crippen LogP contribution is -2.38. The monoisotopic (exact) mass is 467 g/mol. The standard InChI is InChI=1S/C20H20F3N5O3S/c1-4-5-13-25-16-15(18(30)28(3)19(31)27(16)2)17(26-13)32-10-14(29)24-12-8-6-11(7-9-12)20(21,22)23/h6-9H,4-5,10H2,1-3H3,(H,24,29). The van der Waals surface area contributed by atoms with Gasteiger partial charge in [-0.3, -0.25) is 18.7 Å². The number of aryl methyl sites for hydroxylation is 2. The van der Waals surface area contributed by atoms with Gasteiger partial charge in [0.2, 0.25) is 5.91 Å². The van der Waals surface area contributed by atoms with Gasteiger partial charge < -0.3 is 5.32 Å². The number of hydrogen-bond donors (Lipinski definition) is 1. The summed E-state index contributed by atoms with van der Waals surface area (Å²) in [7, 11) is 2.84. The minimum Gasteiger partial charge on any atom is -0.325 e. The van der Waals surface area contributed by atoms with Gasteiger partial charge in [0.05, 0.1) is 11.3 Å². The number of hydrogen-bond acceptors (Lipinski definition) is 6. The van der Waals surface area contributed by atoms with Crippen molar-refractivity contribution in [2.24, 2.45) is 14.1 Å². The van der Waals surface area contributed by atoms with Crippen LogP contribution in [0.3, 0.4) is 0 Å². The van der Waals surface area contributed by atoms with Crippen LogP contribution < -0.4 is 16.6 Å². The Morgan fingerprint density at radius 1 is 1.09 bits per heavy atom. The molecule has 0 atom stereocenters. The molecule has 8 nitrogen and oxygen atoms in total. The van der Waals surface area contributed by atoms with Crippen LogP contribution in [-0.4, -0.2) is 30.8 Å². The van der Waals surface area contributed by atoms with Crippen LogP contribution >= 0.6 is 11.8 Å². The van der Waals surface area contributed by atoms with Crippen molar-refractivity contribution in [3.05, 3.63) is 56.5 Å². The zero-order valence-electron chi connectivity index (χ0n) is 17.5. The molecule has 12 heteroatoms. The molecule has 2 aromatic heterocycles. The number of aromatic nitrogens is 4. The van der Waals surface area contributed by atoms with Crippen molar-refractivity contribution in [1.82, 2.24) is 19.1 Å². The molecule has 1 aromatic carbocycles. The molecule has 32 heavy (non-hydrogen) atoms. The number of fused-ring (bicyclic) bond motifs is 1. The maximum Gasteiger partial charge on any atom is 0.416 e. The van der Waals surface area contributed by atoms with Crippen LogP contribution in [0.2, 0.25) is 0 Å². The third-order valence-electron chi connectivity index (χ3n) is 4.62. The number of halogens is 3. The Morgan fingerprint density at radius 3 is 2.34 bits per heavy atom. The van der Waals surface area contributed by atoms with Gasteiger partial charge in [0.15, 0.2) is 5.65 Å². The van der Waals surface area contributed by atoms with E-state index in [-0.39, 0.29) is 27.5 Å². The molecule has 0 aliphatic heterocycles. The highest BCUT2D eigenvalue weighted by molar-refractivity contribution is 8.00. The molecule has 0 radical (unpaired) electrons. The molecule has 0 aliphatic rings. The molecule has 0 saturated carbocycles. The van der Waals surface area contributed by atoms with Crippen LogP contribution in [-0.2, 0) is 31.5 Å². The van der Waals surface area contributed by atoms with Gasteiger partial charge in [-0.15, -0.1) is 0 Å². The Kier molecular flexibility index (Phi) is 6.72. The fourth-order valence-electron chi connectivity index (χ4n) is 2.99. The molecule has 0 spiro atoms. The van der Waals surface area contributed by atoms with Crippen molar-refractivity contribution >= 4 is 34.4 Å². The van der Waals surface area contributed by atoms with Gasteiger partial charge >= 0.3 is 11.9 Å². The minimum atomic E-state index is -4.46. The highest BCUT2D eigenvalue weighted by Crippen LogP contribution is 2.30. The van der Waals surface area contributed by atoms with E-state index in [1.807, 2.05) is 6.92 Å². The third kappa shape index (κ3) is 4.85. The average Bonchev–Trinajstić information content (AvgIpc) is 2.74. The third-order valence-corrected chi connectivity index (χ3v) is 5.60. The summed E-state index contributed by atoms with van der Waals surface area (Å²) in [4.78, 5) is 46.1. The highest BCUT2D eigenvalue weighted by atomic mass is 32.2. The fraction of sp³-hybridized carbons (Fsp3) is 0.350. The summed E-state index contributed by atoms with van der Waals surface area (Å²) in [6, 6.07) is 4.08. The van der Waals surface area contributed by atoms with Gasteiger partial charge in [0.1, 0.15) is 16.2 Å². The molecule has 3 rings (SSSR count). The largest absolute Gasteiger partial charge is 0.416 e. The molecular weight excluding hydrogens is 447 g/mol. The fourth-order valence-corrected chi connectivity index (χ4v) is 3.82. The van der Waals surface area contributed by atoms with Crippen LogP contribution in [0.5, 0.6) is 0 Å². The molecule has 0 aliphatic carbocycles. The van der Waals surface area contributed by atoms with E-state index in [1.165, 1.54) is 18.7 Å². The van der Waals surface area contributed by atoms with Crippen LogP contribution in [0.1, 0.15) is 24.7 Å². The summed E-state index contributed by atoms with van der Waals surface area (Å²) >= 11 is 0.990. The van der Waals surface area contributed by atoms with Crippen molar-refractivity contribution in [3.63, 3.8) is 0 Å². The average molecular weight is 467 g/mol. The Labute approximate surface area is 184 Å². The lowest BCUT2D eigenvalue weighted by Gasteiger charge is -2.12. The van der Waals surface area contributed by atoms with Crippen molar-refractivity contribution in [2.75, 3.05) is 11.1 Å². The number of anilines is 1. The summed E-state index contributed by atoms with van der Waals surface area (Å²) in [6.07, 6.45) is -3.21. The van der Waals surface area contributed by atoms with Gasteiger partial charge in [-0.1, -0.05) is 18.7 Å². The first-order chi connectivity index (χ1) is 15.0. The molecule has 1 N–H and O–H groups in total. The van der Waals surface area contributed by atoms with Crippen molar-refractivity contribution < 1.29 is 18.0 Å². The zero-order chi connectivity index (χ0) is 23.6. The first-order valence-corrected chi connectivity index (χ1v) is 10.6. The van der Waals surface area contributed by atoms with E-state index >= 15 is 0 Å². The second-order valence-corrected chi connectivity index (χ2v) is 7.98. The lowest BCUT2D eigenvalue weighted by atomic mass is 10.2. The van der Waals surface area contributed by atoms with Gasteiger partial charge in [-0.25, -0.2) is 14.8 Å². The number of thioether (sulfide) groups is 1. The van der Waals surface area contributed by atoms with E-state index < -0.39 is 28.9 Å². The van der Waals surface area contributed by atoms with E-state index in [4.69, 9.17) is 0 Å². The first-order valence-electron chi connectivity index (χ1n) is 9.59. The number of rotatable bonds is 6. The van der Waals surface area contributed by atoms with E-state index in [1.54, 1.807) is 0 Å². The first kappa shape index (κ1) is 23.5. The SMILES string of the molecule is CCCc1nc(SCC(=O)Nc2ccc(C(F)(F)F)cc2)c2c(=O)n(C)c(=O)n(C)c2n1. The summed E-state index contributed by atoms with van der Waals surface area (Å²) in [6.45, 7) is 1.93. The van der Waals surface area contributed by atoms with E-state index in [2.05, 4.69) is 15.3 Å². The summed E-state index contributed by atoms with van der Waals surface area (Å²) < 4.78 is 40.2. The normalized spacial score (nSPS) is 11.7. The van der Waals surface area contributed by atoms with Gasteiger partial charge in [-0.05, 0) is 30.7 Å². The Bertz CT molecular complexity index is 1280. The van der Waals surface area contributed by atoms with E-state index in [0.29, 0.717) is 12.2 Å². The molecule has 0 saturated heterocycles. The maximum absolute atomic E-state index is 12.7. The quantitative estimate of drug-likeness (QED) is 0.442. The second kappa shape index (κ2) is 9.15. The molecule has 0 fully saturated rings. The summed E-state index contributed by atoms with van der Waals surface area (Å²) in [5.74, 6) is -0.195. The van der Waals surface area contributed by atoms with E-state index in [0.717, 1.165) is 47.0 Å². The van der Waals surface area contributed by atoms with Gasteiger partial charge in [0.25, 0.3) is 5.56 Å². The number of carbonyl (C=O) groups is 1. The summed E-state index contributed by atoms with van der Waals surface area (Å²) in [5.41, 5.74) is -1.53. The van der Waals surface area contributed by atoms with Crippen LogP contribution in [0.4, 0.5) is 18.9 Å². The van der Waals surface area contributed by atoms with Gasteiger partial charge in [-0.2, -0.15) is 13.2 Å². The number of amides is 1. The number of nitrogens with one attached hydrogen (secondary N) is 1. The number of carbonyl (C=O) groups excluding carboxylic acids is 1. The topological polar surface area (TPSA) is 98.9 Å². The van der Waals surface area contributed by atoms with Crippen molar-refractivity contribution in [3.8, 4) is 0 Å². The Hall–Kier alpha value is -3.15. The number of benzene rings is 1. The molecule has 2 heterocycles. The Morgan fingerprint density at radius 2 is 1.75 bits per heavy atom.